The molecule has 1 heterocycles. The minimum Gasteiger partial charge on any atom is -0.497 e. The smallest absolute Gasteiger partial charge is 0.255 e. The molecular formula is C16H23BrN2O2. The molecule has 1 aromatic rings. The Morgan fingerprint density at radius 1 is 1.38 bits per heavy atom. The SMILES string of the molecule is COc1ccc(Br)c(C(=O)N2CCC(CN(C)C)CC2)c1. The van der Waals surface area contributed by atoms with Gasteiger partial charge in [0.05, 0.1) is 12.7 Å². The lowest BCUT2D eigenvalue weighted by Crippen LogP contribution is -2.40. The fraction of sp³-hybridized carbons (Fsp3) is 0.562. The first kappa shape index (κ1) is 16.3. The van der Waals surface area contributed by atoms with Crippen LogP contribution in [0.3, 0.4) is 0 Å². The predicted molar refractivity (Wildman–Crippen MR) is 87.9 cm³/mol. The molecule has 0 atom stereocenters. The van der Waals surface area contributed by atoms with Crippen molar-refractivity contribution in [3.8, 4) is 5.75 Å². The molecule has 4 nitrogen and oxygen atoms in total. The van der Waals surface area contributed by atoms with Crippen LogP contribution < -0.4 is 4.74 Å². The van der Waals surface area contributed by atoms with Crippen LogP contribution in [0.15, 0.2) is 22.7 Å². The zero-order valence-corrected chi connectivity index (χ0v) is 14.5. The van der Waals surface area contributed by atoms with Crippen molar-refractivity contribution in [2.75, 3.05) is 40.8 Å². The largest absolute Gasteiger partial charge is 0.497 e. The zero-order valence-electron chi connectivity index (χ0n) is 12.9. The van der Waals surface area contributed by atoms with E-state index in [0.717, 1.165) is 36.9 Å². The van der Waals surface area contributed by atoms with Gasteiger partial charge in [-0.3, -0.25) is 4.79 Å². The van der Waals surface area contributed by atoms with Crippen molar-refractivity contribution in [3.05, 3.63) is 28.2 Å². The Morgan fingerprint density at radius 2 is 2.05 bits per heavy atom. The third-order valence-electron chi connectivity index (χ3n) is 3.93. The quantitative estimate of drug-likeness (QED) is 0.833. The third-order valence-corrected chi connectivity index (χ3v) is 4.62. The summed E-state index contributed by atoms with van der Waals surface area (Å²) in [6, 6.07) is 5.52. The third kappa shape index (κ3) is 4.20. The van der Waals surface area contributed by atoms with E-state index in [0.29, 0.717) is 17.2 Å². The maximum absolute atomic E-state index is 12.6. The summed E-state index contributed by atoms with van der Waals surface area (Å²) in [5.74, 6) is 1.49. The molecule has 1 aliphatic heterocycles. The van der Waals surface area contributed by atoms with Crippen LogP contribution in [0, 0.1) is 5.92 Å². The second kappa shape index (κ2) is 7.27. The van der Waals surface area contributed by atoms with Crippen LogP contribution >= 0.6 is 15.9 Å². The molecule has 2 rings (SSSR count). The highest BCUT2D eigenvalue weighted by Gasteiger charge is 2.25. The predicted octanol–water partition coefficient (Wildman–Crippen LogP) is 2.87. The first-order chi connectivity index (χ1) is 10.0. The van der Waals surface area contributed by atoms with Gasteiger partial charge in [0.25, 0.3) is 5.91 Å². The maximum Gasteiger partial charge on any atom is 0.255 e. The second-order valence-corrected chi connectivity index (χ2v) is 6.70. The molecule has 0 N–H and O–H groups in total. The Balaban J connectivity index is 2.02. The zero-order chi connectivity index (χ0) is 15.4. The molecule has 0 radical (unpaired) electrons. The molecule has 116 valence electrons. The van der Waals surface area contributed by atoms with Crippen LogP contribution in [0.1, 0.15) is 23.2 Å². The molecule has 0 spiro atoms. The van der Waals surface area contributed by atoms with Gasteiger partial charge in [0.2, 0.25) is 0 Å². The monoisotopic (exact) mass is 354 g/mol. The number of benzene rings is 1. The summed E-state index contributed by atoms with van der Waals surface area (Å²) in [7, 11) is 5.82. The van der Waals surface area contributed by atoms with Crippen LogP contribution in [0.4, 0.5) is 0 Å². The summed E-state index contributed by atoms with van der Waals surface area (Å²) in [6.45, 7) is 2.77. The minimum absolute atomic E-state index is 0.0871. The number of hydrogen-bond acceptors (Lipinski definition) is 3. The minimum atomic E-state index is 0.0871. The molecule has 1 aromatic carbocycles. The summed E-state index contributed by atoms with van der Waals surface area (Å²) < 4.78 is 6.03. The highest BCUT2D eigenvalue weighted by atomic mass is 79.9. The molecule has 0 aromatic heterocycles. The van der Waals surface area contributed by atoms with E-state index in [-0.39, 0.29) is 5.91 Å². The number of nitrogens with zero attached hydrogens (tertiary/aromatic N) is 2. The Morgan fingerprint density at radius 3 is 2.62 bits per heavy atom. The van der Waals surface area contributed by atoms with Crippen LogP contribution in [0.5, 0.6) is 5.75 Å². The number of amides is 1. The van der Waals surface area contributed by atoms with Crippen molar-refractivity contribution in [1.29, 1.82) is 0 Å². The average Bonchev–Trinajstić information content (AvgIpc) is 2.47. The van der Waals surface area contributed by atoms with Crippen LogP contribution in [0.2, 0.25) is 0 Å². The van der Waals surface area contributed by atoms with Gasteiger partial charge in [-0.05, 0) is 67.0 Å². The van der Waals surface area contributed by atoms with E-state index in [9.17, 15) is 4.79 Å². The standard InChI is InChI=1S/C16H23BrN2O2/c1-18(2)11-12-6-8-19(9-7-12)16(20)14-10-13(21-3)4-5-15(14)17/h4-5,10,12H,6-9,11H2,1-3H3. The highest BCUT2D eigenvalue weighted by molar-refractivity contribution is 9.10. The molecule has 21 heavy (non-hydrogen) atoms. The normalized spacial score (nSPS) is 16.3. The van der Waals surface area contributed by atoms with Crippen molar-refractivity contribution in [3.63, 3.8) is 0 Å². The number of carbonyl (C=O) groups excluding carboxylic acids is 1. The molecular weight excluding hydrogens is 332 g/mol. The van der Waals surface area contributed by atoms with Gasteiger partial charge in [-0.25, -0.2) is 0 Å². The van der Waals surface area contributed by atoms with Gasteiger partial charge < -0.3 is 14.5 Å². The van der Waals surface area contributed by atoms with Gasteiger partial charge in [-0.15, -0.1) is 0 Å². The van der Waals surface area contributed by atoms with Gasteiger partial charge in [0.1, 0.15) is 5.75 Å². The molecule has 1 saturated heterocycles. The number of carbonyl (C=O) groups is 1. The number of piperidine rings is 1. The Kier molecular flexibility index (Phi) is 5.65. The highest BCUT2D eigenvalue weighted by Crippen LogP contribution is 2.26. The van der Waals surface area contributed by atoms with Crippen molar-refractivity contribution in [1.82, 2.24) is 9.80 Å². The molecule has 0 unspecified atom stereocenters. The van der Waals surface area contributed by atoms with E-state index in [1.54, 1.807) is 13.2 Å². The van der Waals surface area contributed by atoms with Gasteiger partial charge in [-0.1, -0.05) is 0 Å². The molecule has 1 aliphatic rings. The summed E-state index contributed by atoms with van der Waals surface area (Å²) in [4.78, 5) is 16.8. The van der Waals surface area contributed by atoms with Crippen molar-refractivity contribution >= 4 is 21.8 Å². The van der Waals surface area contributed by atoms with Crippen LogP contribution in [0.25, 0.3) is 0 Å². The first-order valence-corrected chi connectivity index (χ1v) is 8.08. The lowest BCUT2D eigenvalue weighted by atomic mass is 9.96. The molecule has 0 aliphatic carbocycles. The molecule has 0 bridgehead atoms. The van der Waals surface area contributed by atoms with Crippen LogP contribution in [-0.2, 0) is 0 Å². The lowest BCUT2D eigenvalue weighted by molar-refractivity contribution is 0.0676. The van der Waals surface area contributed by atoms with Crippen molar-refractivity contribution in [2.45, 2.75) is 12.8 Å². The van der Waals surface area contributed by atoms with Gasteiger partial charge in [0, 0.05) is 24.1 Å². The Bertz CT molecular complexity index is 497. The van der Waals surface area contributed by atoms with Crippen molar-refractivity contribution < 1.29 is 9.53 Å². The number of ether oxygens (including phenoxy) is 1. The van der Waals surface area contributed by atoms with E-state index < -0.39 is 0 Å². The Labute approximate surface area is 135 Å². The summed E-state index contributed by atoms with van der Waals surface area (Å²) in [5.41, 5.74) is 0.681. The number of rotatable bonds is 4. The number of methoxy groups -OCH3 is 1. The fourth-order valence-corrected chi connectivity index (χ4v) is 3.22. The number of halogens is 1. The van der Waals surface area contributed by atoms with E-state index >= 15 is 0 Å². The molecule has 5 heteroatoms. The van der Waals surface area contributed by atoms with E-state index in [1.165, 1.54) is 0 Å². The van der Waals surface area contributed by atoms with E-state index in [4.69, 9.17) is 4.74 Å². The fourth-order valence-electron chi connectivity index (χ4n) is 2.80. The first-order valence-electron chi connectivity index (χ1n) is 7.28. The number of likely N-dealkylation sites (tertiary alicyclic amines) is 1. The summed E-state index contributed by atoms with van der Waals surface area (Å²) in [5, 5.41) is 0. The average molecular weight is 355 g/mol. The van der Waals surface area contributed by atoms with E-state index in [1.807, 2.05) is 17.0 Å². The summed E-state index contributed by atoms with van der Waals surface area (Å²) >= 11 is 3.46. The topological polar surface area (TPSA) is 32.8 Å². The van der Waals surface area contributed by atoms with Gasteiger partial charge >= 0.3 is 0 Å². The molecule has 0 saturated carbocycles. The molecule has 1 amide bonds. The summed E-state index contributed by atoms with van der Waals surface area (Å²) in [6.07, 6.45) is 2.15. The lowest BCUT2D eigenvalue weighted by Gasteiger charge is -2.33. The van der Waals surface area contributed by atoms with Crippen LogP contribution in [-0.4, -0.2) is 56.5 Å². The van der Waals surface area contributed by atoms with Gasteiger partial charge in [0.15, 0.2) is 0 Å². The number of hydrogen-bond donors (Lipinski definition) is 0. The second-order valence-electron chi connectivity index (χ2n) is 5.84. The van der Waals surface area contributed by atoms with Gasteiger partial charge in [-0.2, -0.15) is 0 Å². The molecule has 1 fully saturated rings. The van der Waals surface area contributed by atoms with Crippen molar-refractivity contribution in [2.24, 2.45) is 5.92 Å². The maximum atomic E-state index is 12.6. The Hall–Kier alpha value is -1.07. The van der Waals surface area contributed by atoms with E-state index in [2.05, 4.69) is 34.9 Å².